The summed E-state index contributed by atoms with van der Waals surface area (Å²) in [7, 11) is 0. The highest BCUT2D eigenvalue weighted by molar-refractivity contribution is 6.08. The summed E-state index contributed by atoms with van der Waals surface area (Å²) < 4.78 is 16.0. The van der Waals surface area contributed by atoms with Crippen LogP contribution in [0.15, 0.2) is 61.2 Å². The van der Waals surface area contributed by atoms with E-state index in [2.05, 4.69) is 20.5 Å². The molecule has 2 atom stereocenters. The number of nitrogens with one attached hydrogen (secondary N) is 1. The minimum atomic E-state index is -1.37. The Morgan fingerprint density at radius 2 is 1.97 bits per heavy atom. The van der Waals surface area contributed by atoms with Crippen LogP contribution in [0.4, 0.5) is 10.1 Å². The quantitative estimate of drug-likeness (QED) is 0.388. The van der Waals surface area contributed by atoms with E-state index in [0.29, 0.717) is 16.5 Å². The molecule has 0 unspecified atom stereocenters. The third kappa shape index (κ3) is 4.75. The van der Waals surface area contributed by atoms with Gasteiger partial charge >= 0.3 is 0 Å². The smallest absolute Gasteiger partial charge is 0.247 e. The number of likely N-dealkylation sites (tertiary alicyclic amines) is 1. The van der Waals surface area contributed by atoms with E-state index in [1.807, 2.05) is 18.2 Å². The van der Waals surface area contributed by atoms with Crippen molar-refractivity contribution < 1.29 is 23.9 Å². The van der Waals surface area contributed by atoms with Crippen LogP contribution in [-0.2, 0) is 16.1 Å². The summed E-state index contributed by atoms with van der Waals surface area (Å²) in [5.74, 6) is -1.62. The first-order valence-electron chi connectivity index (χ1n) is 11.6. The van der Waals surface area contributed by atoms with Gasteiger partial charge in [-0.1, -0.05) is 6.07 Å². The fraction of sp³-hybridized carbons (Fsp3) is 0.231. The van der Waals surface area contributed by atoms with Crippen molar-refractivity contribution in [1.29, 1.82) is 0 Å². The van der Waals surface area contributed by atoms with Gasteiger partial charge in [0.1, 0.15) is 24.4 Å². The lowest BCUT2D eigenvalue weighted by Crippen LogP contribution is -2.44. The van der Waals surface area contributed by atoms with Crippen LogP contribution in [0.1, 0.15) is 23.7 Å². The van der Waals surface area contributed by atoms with Gasteiger partial charge in [0, 0.05) is 40.8 Å². The number of carbonyl (C=O) groups excluding carboxylic acids is 3. The SMILES string of the molecule is CC(=O)c1cn(CC(=O)N2C[C@H](F)C[C@H]2C(=O)Nc2cccnc2O)c2ccc(-c3ccnnc3)cc12. The van der Waals surface area contributed by atoms with Crippen molar-refractivity contribution in [1.82, 2.24) is 24.6 Å². The van der Waals surface area contributed by atoms with E-state index < -0.39 is 24.0 Å². The first-order chi connectivity index (χ1) is 17.8. The summed E-state index contributed by atoms with van der Waals surface area (Å²) in [5.41, 5.74) is 2.84. The molecule has 5 rings (SSSR count). The summed E-state index contributed by atoms with van der Waals surface area (Å²) in [4.78, 5) is 43.5. The molecule has 2 amide bonds. The Labute approximate surface area is 210 Å². The van der Waals surface area contributed by atoms with Crippen molar-refractivity contribution in [3.05, 3.63) is 66.7 Å². The number of aromatic hydroxyl groups is 1. The maximum absolute atomic E-state index is 14.4. The second-order valence-electron chi connectivity index (χ2n) is 8.85. The van der Waals surface area contributed by atoms with Crippen LogP contribution in [0, 0.1) is 0 Å². The number of pyridine rings is 1. The molecule has 1 fully saturated rings. The van der Waals surface area contributed by atoms with Crippen molar-refractivity contribution in [2.24, 2.45) is 0 Å². The maximum atomic E-state index is 14.4. The molecule has 1 aromatic carbocycles. The number of fused-ring (bicyclic) bond motifs is 1. The van der Waals surface area contributed by atoms with Gasteiger partial charge in [-0.25, -0.2) is 9.37 Å². The van der Waals surface area contributed by atoms with E-state index in [9.17, 15) is 23.9 Å². The average molecular weight is 503 g/mol. The lowest BCUT2D eigenvalue weighted by molar-refractivity contribution is -0.137. The van der Waals surface area contributed by atoms with Crippen LogP contribution in [-0.4, -0.2) is 66.1 Å². The Kier molecular flexibility index (Phi) is 6.34. The number of amides is 2. The zero-order valence-corrected chi connectivity index (χ0v) is 19.8. The number of aromatic nitrogens is 4. The number of benzene rings is 1. The van der Waals surface area contributed by atoms with Gasteiger partial charge in [0.15, 0.2) is 5.78 Å². The van der Waals surface area contributed by atoms with Gasteiger partial charge in [-0.05, 0) is 42.8 Å². The van der Waals surface area contributed by atoms with Gasteiger partial charge in [-0.2, -0.15) is 10.2 Å². The number of ketones is 1. The maximum Gasteiger partial charge on any atom is 0.247 e. The van der Waals surface area contributed by atoms with Crippen molar-refractivity contribution >= 4 is 34.2 Å². The van der Waals surface area contributed by atoms with Crippen LogP contribution >= 0.6 is 0 Å². The number of anilines is 1. The van der Waals surface area contributed by atoms with Gasteiger partial charge in [0.25, 0.3) is 0 Å². The predicted molar refractivity (Wildman–Crippen MR) is 133 cm³/mol. The molecule has 0 bridgehead atoms. The van der Waals surface area contributed by atoms with Crippen molar-refractivity contribution in [2.75, 3.05) is 11.9 Å². The second-order valence-corrected chi connectivity index (χ2v) is 8.85. The largest absolute Gasteiger partial charge is 0.492 e. The van der Waals surface area contributed by atoms with E-state index in [1.165, 1.54) is 30.2 Å². The number of nitrogens with zero attached hydrogens (tertiary/aromatic N) is 5. The van der Waals surface area contributed by atoms with E-state index >= 15 is 0 Å². The summed E-state index contributed by atoms with van der Waals surface area (Å²) in [6.45, 7) is 1.03. The highest BCUT2D eigenvalue weighted by atomic mass is 19.1. The van der Waals surface area contributed by atoms with Crippen LogP contribution in [0.3, 0.4) is 0 Å². The van der Waals surface area contributed by atoms with Crippen LogP contribution < -0.4 is 5.32 Å². The first kappa shape index (κ1) is 24.0. The van der Waals surface area contributed by atoms with E-state index in [1.54, 1.807) is 29.2 Å². The molecule has 0 radical (unpaired) electrons. The Morgan fingerprint density at radius 3 is 2.70 bits per heavy atom. The molecule has 1 saturated heterocycles. The number of halogens is 1. The Bertz CT molecular complexity index is 1510. The van der Waals surface area contributed by atoms with Crippen LogP contribution in [0.5, 0.6) is 5.88 Å². The summed E-state index contributed by atoms with van der Waals surface area (Å²) in [6, 6.07) is 9.26. The Morgan fingerprint density at radius 1 is 1.14 bits per heavy atom. The molecule has 4 aromatic rings. The third-order valence-corrected chi connectivity index (χ3v) is 6.40. The fourth-order valence-electron chi connectivity index (χ4n) is 4.61. The zero-order valence-electron chi connectivity index (χ0n) is 19.8. The second kappa shape index (κ2) is 9.76. The van der Waals surface area contributed by atoms with Gasteiger partial charge < -0.3 is 19.9 Å². The summed E-state index contributed by atoms with van der Waals surface area (Å²) >= 11 is 0. The van der Waals surface area contributed by atoms with Gasteiger partial charge in [0.05, 0.1) is 18.9 Å². The topological polar surface area (TPSA) is 130 Å². The molecule has 0 spiro atoms. The third-order valence-electron chi connectivity index (χ3n) is 6.40. The number of hydrogen-bond acceptors (Lipinski definition) is 7. The molecule has 37 heavy (non-hydrogen) atoms. The lowest BCUT2D eigenvalue weighted by Gasteiger charge is -2.24. The molecule has 1 aliphatic rings. The molecular weight excluding hydrogens is 479 g/mol. The molecule has 10 nitrogen and oxygen atoms in total. The molecule has 3 aromatic heterocycles. The number of alkyl halides is 1. The average Bonchev–Trinajstić information content (AvgIpc) is 3.46. The number of hydrogen-bond donors (Lipinski definition) is 2. The number of rotatable bonds is 6. The Balaban J connectivity index is 1.41. The molecule has 4 heterocycles. The molecule has 2 N–H and O–H groups in total. The van der Waals surface area contributed by atoms with Crippen LogP contribution in [0.2, 0.25) is 0 Å². The molecule has 0 saturated carbocycles. The fourth-order valence-corrected chi connectivity index (χ4v) is 4.61. The first-order valence-corrected chi connectivity index (χ1v) is 11.6. The van der Waals surface area contributed by atoms with E-state index in [0.717, 1.165) is 11.1 Å². The van der Waals surface area contributed by atoms with E-state index in [-0.39, 0.29) is 36.9 Å². The highest BCUT2D eigenvalue weighted by Crippen LogP contribution is 2.29. The van der Waals surface area contributed by atoms with E-state index in [4.69, 9.17) is 0 Å². The molecule has 0 aliphatic carbocycles. The standard InChI is InChI=1S/C26H23FN6O4/c1-15(34)20-13-32(22-5-4-16(9-19(20)22)17-6-8-29-30-11-17)14-24(35)33-12-18(27)10-23(33)26(37)31-21-3-2-7-28-25(21)36/h2-9,11,13,18,23H,10,12,14H2,1H3,(H,28,36)(H,31,37)/t18-,23+/m1/s1. The van der Waals surface area contributed by atoms with Crippen molar-refractivity contribution in [2.45, 2.75) is 32.1 Å². The minimum Gasteiger partial charge on any atom is -0.492 e. The minimum absolute atomic E-state index is 0.0740. The molecule has 11 heteroatoms. The molecular formula is C26H23FN6O4. The summed E-state index contributed by atoms with van der Waals surface area (Å²) in [5, 5.41) is 20.7. The van der Waals surface area contributed by atoms with Gasteiger partial charge in [-0.3, -0.25) is 14.4 Å². The van der Waals surface area contributed by atoms with Crippen LogP contribution in [0.25, 0.3) is 22.0 Å². The predicted octanol–water partition coefficient (Wildman–Crippen LogP) is 2.98. The Hall–Kier alpha value is -4.67. The summed E-state index contributed by atoms with van der Waals surface area (Å²) in [6.07, 6.45) is 4.63. The molecule has 188 valence electrons. The molecule has 1 aliphatic heterocycles. The highest BCUT2D eigenvalue weighted by Gasteiger charge is 2.40. The van der Waals surface area contributed by atoms with Crippen molar-refractivity contribution in [3.8, 4) is 17.0 Å². The monoisotopic (exact) mass is 502 g/mol. The van der Waals surface area contributed by atoms with Crippen molar-refractivity contribution in [3.63, 3.8) is 0 Å². The normalized spacial score (nSPS) is 17.2. The number of Topliss-reactive ketones (excluding diaryl/α,β-unsaturated/α-hetero) is 1. The lowest BCUT2D eigenvalue weighted by atomic mass is 10.0. The number of carbonyl (C=O) groups is 3. The zero-order chi connectivity index (χ0) is 26.1. The van der Waals surface area contributed by atoms with Gasteiger partial charge in [-0.15, -0.1) is 0 Å². The van der Waals surface area contributed by atoms with Gasteiger partial charge in [0.2, 0.25) is 17.7 Å².